The van der Waals surface area contributed by atoms with Gasteiger partial charge in [0.15, 0.2) is 0 Å². The van der Waals surface area contributed by atoms with Crippen molar-refractivity contribution in [1.82, 2.24) is 4.98 Å². The third kappa shape index (κ3) is 1.68. The molecule has 1 aliphatic heterocycles. The molecule has 0 spiro atoms. The van der Waals surface area contributed by atoms with E-state index in [1.54, 1.807) is 18.2 Å². The van der Waals surface area contributed by atoms with Crippen molar-refractivity contribution in [2.24, 2.45) is 0 Å². The molecule has 4 nitrogen and oxygen atoms in total. The van der Waals surface area contributed by atoms with E-state index in [0.29, 0.717) is 5.82 Å². The highest BCUT2D eigenvalue weighted by molar-refractivity contribution is 6.11. The summed E-state index contributed by atoms with van der Waals surface area (Å²) >= 11 is 0. The summed E-state index contributed by atoms with van der Waals surface area (Å²) in [6, 6.07) is 11.3. The summed E-state index contributed by atoms with van der Waals surface area (Å²) < 4.78 is 5.15. The number of amides is 1. The van der Waals surface area contributed by atoms with Crippen LogP contribution < -0.4 is 9.64 Å². The van der Waals surface area contributed by atoms with Crippen molar-refractivity contribution in [3.8, 4) is 5.75 Å². The number of nitrogens with zero attached hydrogens (tertiary/aromatic N) is 2. The second-order valence-electron chi connectivity index (χ2n) is 5.34. The Balaban J connectivity index is 2.12. The molecule has 20 heavy (non-hydrogen) atoms. The lowest BCUT2D eigenvalue weighted by atomic mass is 9.87. The molecule has 4 heteroatoms. The fourth-order valence-electron chi connectivity index (χ4n) is 2.52. The van der Waals surface area contributed by atoms with Crippen molar-refractivity contribution in [3.05, 3.63) is 48.2 Å². The van der Waals surface area contributed by atoms with Crippen LogP contribution in [0.4, 0.5) is 11.5 Å². The number of benzene rings is 1. The molecule has 1 aromatic carbocycles. The van der Waals surface area contributed by atoms with Gasteiger partial charge in [-0.2, -0.15) is 0 Å². The van der Waals surface area contributed by atoms with E-state index in [9.17, 15) is 4.79 Å². The Bertz CT molecular complexity index is 662. The molecule has 0 radical (unpaired) electrons. The molecule has 3 rings (SSSR count). The molecule has 1 aliphatic rings. The molecule has 0 saturated heterocycles. The van der Waals surface area contributed by atoms with E-state index in [-0.39, 0.29) is 5.91 Å². The number of rotatable bonds is 2. The standard InChI is InChI=1S/C16H16N2O2/c1-16(2)13-5-4-10-17-14(13)18(15(16)19)11-6-8-12(20-3)9-7-11/h4-10H,1-3H3. The Morgan fingerprint density at radius 1 is 1.15 bits per heavy atom. The summed E-state index contributed by atoms with van der Waals surface area (Å²) in [4.78, 5) is 18.7. The molecular weight excluding hydrogens is 252 g/mol. The first kappa shape index (κ1) is 12.7. The Morgan fingerprint density at radius 2 is 1.85 bits per heavy atom. The van der Waals surface area contributed by atoms with E-state index < -0.39 is 5.41 Å². The second kappa shape index (κ2) is 4.34. The highest BCUT2D eigenvalue weighted by atomic mass is 16.5. The number of fused-ring (bicyclic) bond motifs is 1. The van der Waals surface area contributed by atoms with Gasteiger partial charge >= 0.3 is 0 Å². The maximum atomic E-state index is 12.7. The van der Waals surface area contributed by atoms with Crippen LogP contribution in [0.3, 0.4) is 0 Å². The maximum absolute atomic E-state index is 12.7. The van der Waals surface area contributed by atoms with Gasteiger partial charge in [0.1, 0.15) is 11.6 Å². The topological polar surface area (TPSA) is 42.4 Å². The summed E-state index contributed by atoms with van der Waals surface area (Å²) in [7, 11) is 1.62. The first-order valence-corrected chi connectivity index (χ1v) is 6.50. The molecule has 0 unspecified atom stereocenters. The average molecular weight is 268 g/mol. The van der Waals surface area contributed by atoms with Gasteiger partial charge in [0, 0.05) is 11.8 Å². The predicted octanol–water partition coefficient (Wildman–Crippen LogP) is 3.05. The predicted molar refractivity (Wildman–Crippen MR) is 77.4 cm³/mol. The summed E-state index contributed by atoms with van der Waals surface area (Å²) in [5.74, 6) is 1.52. The average Bonchev–Trinajstić information content (AvgIpc) is 2.67. The Kier molecular flexibility index (Phi) is 2.74. The van der Waals surface area contributed by atoms with E-state index in [2.05, 4.69) is 4.98 Å². The molecule has 2 aromatic rings. The van der Waals surface area contributed by atoms with Gasteiger partial charge in [0.25, 0.3) is 0 Å². The molecule has 2 heterocycles. The zero-order valence-corrected chi connectivity index (χ0v) is 11.8. The van der Waals surface area contributed by atoms with Crippen LogP contribution in [0.25, 0.3) is 0 Å². The quantitative estimate of drug-likeness (QED) is 0.840. The van der Waals surface area contributed by atoms with Gasteiger partial charge in [-0.05, 0) is 44.2 Å². The number of ether oxygens (including phenoxy) is 1. The van der Waals surface area contributed by atoms with Crippen molar-refractivity contribution in [3.63, 3.8) is 0 Å². The summed E-state index contributed by atoms with van der Waals surface area (Å²) in [5, 5.41) is 0. The van der Waals surface area contributed by atoms with E-state index in [1.165, 1.54) is 0 Å². The molecule has 1 aromatic heterocycles. The number of anilines is 2. The highest BCUT2D eigenvalue weighted by Crippen LogP contribution is 2.43. The number of aromatic nitrogens is 1. The Labute approximate surface area is 118 Å². The van der Waals surface area contributed by atoms with E-state index in [4.69, 9.17) is 4.74 Å². The van der Waals surface area contributed by atoms with Gasteiger partial charge in [-0.1, -0.05) is 6.07 Å². The molecular formula is C16H16N2O2. The highest BCUT2D eigenvalue weighted by Gasteiger charge is 2.45. The van der Waals surface area contributed by atoms with Crippen molar-refractivity contribution >= 4 is 17.4 Å². The number of methoxy groups -OCH3 is 1. The van der Waals surface area contributed by atoms with Crippen LogP contribution >= 0.6 is 0 Å². The zero-order chi connectivity index (χ0) is 14.3. The smallest absolute Gasteiger partial charge is 0.242 e. The van der Waals surface area contributed by atoms with Crippen LogP contribution in [0, 0.1) is 0 Å². The minimum atomic E-state index is -0.552. The molecule has 0 N–H and O–H groups in total. The minimum Gasteiger partial charge on any atom is -0.497 e. The van der Waals surface area contributed by atoms with Crippen LogP contribution in [0.5, 0.6) is 5.75 Å². The molecule has 0 fully saturated rings. The first-order chi connectivity index (χ1) is 9.55. The fraction of sp³-hybridized carbons (Fsp3) is 0.250. The Morgan fingerprint density at radius 3 is 2.50 bits per heavy atom. The first-order valence-electron chi connectivity index (χ1n) is 6.50. The number of carbonyl (C=O) groups excluding carboxylic acids is 1. The van der Waals surface area contributed by atoms with Crippen LogP contribution in [0.1, 0.15) is 19.4 Å². The molecule has 102 valence electrons. The van der Waals surface area contributed by atoms with Gasteiger partial charge in [-0.25, -0.2) is 4.98 Å². The maximum Gasteiger partial charge on any atom is 0.242 e. The number of carbonyl (C=O) groups is 1. The summed E-state index contributed by atoms with van der Waals surface area (Å²) in [6.07, 6.45) is 1.71. The van der Waals surface area contributed by atoms with Gasteiger partial charge < -0.3 is 4.74 Å². The van der Waals surface area contributed by atoms with Gasteiger partial charge in [0.05, 0.1) is 18.2 Å². The van der Waals surface area contributed by atoms with Crippen molar-refractivity contribution in [2.45, 2.75) is 19.3 Å². The van der Waals surface area contributed by atoms with Crippen LogP contribution in [0.2, 0.25) is 0 Å². The molecule has 1 amide bonds. The summed E-state index contributed by atoms with van der Waals surface area (Å²) in [6.45, 7) is 3.86. The van der Waals surface area contributed by atoms with Gasteiger partial charge in [-0.15, -0.1) is 0 Å². The third-order valence-corrected chi connectivity index (χ3v) is 3.74. The van der Waals surface area contributed by atoms with E-state index in [0.717, 1.165) is 17.0 Å². The monoisotopic (exact) mass is 268 g/mol. The van der Waals surface area contributed by atoms with Crippen LogP contribution in [-0.2, 0) is 10.2 Å². The van der Waals surface area contributed by atoms with Crippen molar-refractivity contribution in [2.75, 3.05) is 12.0 Å². The zero-order valence-electron chi connectivity index (χ0n) is 11.8. The second-order valence-corrected chi connectivity index (χ2v) is 5.34. The van der Waals surface area contributed by atoms with E-state index in [1.807, 2.05) is 50.2 Å². The SMILES string of the molecule is COc1ccc(N2C(=O)C(C)(C)c3cccnc32)cc1. The lowest BCUT2D eigenvalue weighted by Gasteiger charge is -2.20. The largest absolute Gasteiger partial charge is 0.497 e. The van der Waals surface area contributed by atoms with Crippen molar-refractivity contribution < 1.29 is 9.53 Å². The van der Waals surface area contributed by atoms with Gasteiger partial charge in [-0.3, -0.25) is 9.69 Å². The lowest BCUT2D eigenvalue weighted by molar-refractivity contribution is -0.121. The van der Waals surface area contributed by atoms with Crippen molar-refractivity contribution in [1.29, 1.82) is 0 Å². The third-order valence-electron chi connectivity index (χ3n) is 3.74. The van der Waals surface area contributed by atoms with Crippen LogP contribution in [0.15, 0.2) is 42.6 Å². The number of hydrogen-bond acceptors (Lipinski definition) is 3. The van der Waals surface area contributed by atoms with E-state index >= 15 is 0 Å². The summed E-state index contributed by atoms with van der Waals surface area (Å²) in [5.41, 5.74) is 1.21. The Hall–Kier alpha value is -2.36. The minimum absolute atomic E-state index is 0.0383. The molecule has 0 aliphatic carbocycles. The van der Waals surface area contributed by atoms with Gasteiger partial charge in [0.2, 0.25) is 5.91 Å². The normalized spacial score (nSPS) is 16.1. The number of pyridine rings is 1. The lowest BCUT2D eigenvalue weighted by Crippen LogP contribution is -2.33. The molecule has 0 saturated carbocycles. The fourth-order valence-corrected chi connectivity index (χ4v) is 2.52. The molecule has 0 atom stereocenters. The molecule has 0 bridgehead atoms. The van der Waals surface area contributed by atoms with Crippen LogP contribution in [-0.4, -0.2) is 18.0 Å². The number of hydrogen-bond donors (Lipinski definition) is 0.